The summed E-state index contributed by atoms with van der Waals surface area (Å²) < 4.78 is 28.5. The summed E-state index contributed by atoms with van der Waals surface area (Å²) in [6, 6.07) is 13.5. The normalized spacial score (nSPS) is 11.1. The SMILES string of the molecule is Cc1ccc(C)c(NS(=O)(=O)c2cc(C(=O)Nc3cccc([N+](=O)[O-])c3C)ccc2Cl)c1. The Bertz CT molecular complexity index is 1340. The molecule has 0 aliphatic rings. The molecule has 10 heteroatoms. The number of rotatable bonds is 6. The van der Waals surface area contributed by atoms with Crippen molar-refractivity contribution in [3.05, 3.63) is 92.0 Å². The van der Waals surface area contributed by atoms with E-state index in [4.69, 9.17) is 11.6 Å². The molecule has 2 N–H and O–H groups in total. The summed E-state index contributed by atoms with van der Waals surface area (Å²) in [5, 5.41) is 13.7. The summed E-state index contributed by atoms with van der Waals surface area (Å²) in [6.07, 6.45) is 0. The van der Waals surface area contributed by atoms with E-state index in [-0.39, 0.29) is 32.4 Å². The highest BCUT2D eigenvalue weighted by Gasteiger charge is 2.22. The summed E-state index contributed by atoms with van der Waals surface area (Å²) in [4.78, 5) is 23.1. The van der Waals surface area contributed by atoms with Crippen molar-refractivity contribution in [2.75, 3.05) is 10.0 Å². The lowest BCUT2D eigenvalue weighted by Gasteiger charge is -2.14. The van der Waals surface area contributed by atoms with Gasteiger partial charge in [0.05, 0.1) is 26.9 Å². The number of benzene rings is 3. The Labute approximate surface area is 190 Å². The Hall–Kier alpha value is -3.43. The Morgan fingerprint density at radius 2 is 1.72 bits per heavy atom. The Morgan fingerprint density at radius 1 is 1.00 bits per heavy atom. The molecule has 0 unspecified atom stereocenters. The minimum atomic E-state index is -4.09. The molecular formula is C22H20ClN3O5S. The van der Waals surface area contributed by atoms with Gasteiger partial charge in [-0.15, -0.1) is 0 Å². The van der Waals surface area contributed by atoms with Crippen LogP contribution in [0.25, 0.3) is 0 Å². The minimum Gasteiger partial charge on any atom is -0.321 e. The predicted molar refractivity (Wildman–Crippen MR) is 124 cm³/mol. The number of nitrogens with zero attached hydrogens (tertiary/aromatic N) is 1. The van der Waals surface area contributed by atoms with Crippen molar-refractivity contribution in [2.45, 2.75) is 25.7 Å². The highest BCUT2D eigenvalue weighted by Crippen LogP contribution is 2.28. The molecule has 0 aromatic heterocycles. The highest BCUT2D eigenvalue weighted by molar-refractivity contribution is 7.92. The maximum atomic E-state index is 13.0. The first kappa shape index (κ1) is 23.2. The molecule has 0 aliphatic carbocycles. The Kier molecular flexibility index (Phi) is 6.52. The predicted octanol–water partition coefficient (Wildman–Crippen LogP) is 5.23. The van der Waals surface area contributed by atoms with Gasteiger partial charge in [0.1, 0.15) is 4.90 Å². The molecule has 3 aromatic carbocycles. The zero-order valence-electron chi connectivity index (χ0n) is 17.5. The third-order valence-corrected chi connectivity index (χ3v) is 6.72. The summed E-state index contributed by atoms with van der Waals surface area (Å²) in [5.74, 6) is -0.631. The van der Waals surface area contributed by atoms with E-state index in [0.717, 1.165) is 17.2 Å². The first-order chi connectivity index (χ1) is 15.0. The van der Waals surface area contributed by atoms with Crippen LogP contribution in [-0.2, 0) is 10.0 Å². The second-order valence-electron chi connectivity index (χ2n) is 7.23. The lowest BCUT2D eigenvalue weighted by atomic mass is 10.1. The zero-order chi connectivity index (χ0) is 23.6. The molecule has 0 heterocycles. The number of carbonyl (C=O) groups is 1. The third-order valence-electron chi connectivity index (χ3n) is 4.87. The molecule has 0 saturated heterocycles. The quantitative estimate of drug-likeness (QED) is 0.375. The van der Waals surface area contributed by atoms with Crippen LogP contribution in [0, 0.1) is 30.9 Å². The number of nitrogens with one attached hydrogen (secondary N) is 2. The van der Waals surface area contributed by atoms with Gasteiger partial charge in [-0.05, 0) is 62.2 Å². The van der Waals surface area contributed by atoms with Crippen LogP contribution < -0.4 is 10.0 Å². The molecule has 0 aliphatic heterocycles. The molecule has 1 amide bonds. The van der Waals surface area contributed by atoms with Crippen LogP contribution in [0.2, 0.25) is 5.02 Å². The molecule has 3 rings (SSSR count). The van der Waals surface area contributed by atoms with E-state index in [9.17, 15) is 23.3 Å². The molecule has 3 aromatic rings. The molecule has 0 saturated carbocycles. The van der Waals surface area contributed by atoms with Gasteiger partial charge in [-0.3, -0.25) is 19.6 Å². The van der Waals surface area contributed by atoms with Gasteiger partial charge in [-0.2, -0.15) is 0 Å². The van der Waals surface area contributed by atoms with Crippen molar-refractivity contribution in [3.8, 4) is 0 Å². The fourth-order valence-corrected chi connectivity index (χ4v) is 4.70. The van der Waals surface area contributed by atoms with Crippen molar-refractivity contribution in [3.63, 3.8) is 0 Å². The smallest absolute Gasteiger partial charge is 0.274 e. The molecule has 0 fully saturated rings. The van der Waals surface area contributed by atoms with Gasteiger partial charge in [0, 0.05) is 11.6 Å². The largest absolute Gasteiger partial charge is 0.321 e. The average Bonchev–Trinajstić information content (AvgIpc) is 2.72. The number of nitro benzene ring substituents is 1. The van der Waals surface area contributed by atoms with Crippen LogP contribution in [-0.4, -0.2) is 19.2 Å². The third kappa shape index (κ3) is 4.90. The number of anilines is 2. The second-order valence-corrected chi connectivity index (χ2v) is 9.29. The van der Waals surface area contributed by atoms with Gasteiger partial charge < -0.3 is 5.32 Å². The number of carbonyl (C=O) groups excluding carboxylic acids is 1. The van der Waals surface area contributed by atoms with Crippen molar-refractivity contribution >= 4 is 44.6 Å². The van der Waals surface area contributed by atoms with Crippen LogP contribution in [0.5, 0.6) is 0 Å². The summed E-state index contributed by atoms with van der Waals surface area (Å²) in [7, 11) is -4.09. The standard InChI is InChI=1S/C22H20ClN3O5S/c1-13-7-8-14(2)19(11-13)25-32(30,31)21-12-16(9-10-17(21)23)22(27)24-18-5-4-6-20(15(18)3)26(28)29/h4-12,25H,1-3H3,(H,24,27). The van der Waals surface area contributed by atoms with Crippen LogP contribution in [0.1, 0.15) is 27.0 Å². The number of aryl methyl sites for hydroxylation is 2. The summed E-state index contributed by atoms with van der Waals surface area (Å²) in [6.45, 7) is 5.12. The Morgan fingerprint density at radius 3 is 2.41 bits per heavy atom. The summed E-state index contributed by atoms with van der Waals surface area (Å²) in [5.41, 5.74) is 2.43. The van der Waals surface area contributed by atoms with E-state index in [1.54, 1.807) is 19.1 Å². The number of amides is 1. The van der Waals surface area contributed by atoms with Crippen molar-refractivity contribution in [1.82, 2.24) is 0 Å². The highest BCUT2D eigenvalue weighted by atomic mass is 35.5. The number of hydrogen-bond donors (Lipinski definition) is 2. The molecule has 0 atom stereocenters. The van der Waals surface area contributed by atoms with E-state index in [1.807, 2.05) is 13.0 Å². The molecule has 166 valence electrons. The minimum absolute atomic E-state index is 0.0293. The maximum absolute atomic E-state index is 13.0. The molecule has 32 heavy (non-hydrogen) atoms. The maximum Gasteiger partial charge on any atom is 0.274 e. The number of sulfonamides is 1. The number of nitro groups is 1. The van der Waals surface area contributed by atoms with Gasteiger partial charge in [-0.25, -0.2) is 8.42 Å². The number of halogens is 1. The first-order valence-electron chi connectivity index (χ1n) is 9.44. The van der Waals surface area contributed by atoms with E-state index < -0.39 is 20.9 Å². The van der Waals surface area contributed by atoms with Crippen LogP contribution in [0.15, 0.2) is 59.5 Å². The average molecular weight is 474 g/mol. The first-order valence-corrected chi connectivity index (χ1v) is 11.3. The topological polar surface area (TPSA) is 118 Å². The molecule has 0 radical (unpaired) electrons. The molecular weight excluding hydrogens is 454 g/mol. The lowest BCUT2D eigenvalue weighted by molar-refractivity contribution is -0.385. The summed E-state index contributed by atoms with van der Waals surface area (Å²) >= 11 is 6.14. The van der Waals surface area contributed by atoms with Crippen LogP contribution in [0.3, 0.4) is 0 Å². The van der Waals surface area contributed by atoms with Gasteiger partial charge >= 0.3 is 0 Å². The van der Waals surface area contributed by atoms with Gasteiger partial charge in [-0.1, -0.05) is 29.8 Å². The van der Waals surface area contributed by atoms with E-state index in [0.29, 0.717) is 5.69 Å². The second kappa shape index (κ2) is 8.97. The van der Waals surface area contributed by atoms with Gasteiger partial charge in [0.25, 0.3) is 21.6 Å². The van der Waals surface area contributed by atoms with E-state index >= 15 is 0 Å². The van der Waals surface area contributed by atoms with Crippen LogP contribution >= 0.6 is 11.6 Å². The lowest BCUT2D eigenvalue weighted by Crippen LogP contribution is -2.17. The number of hydrogen-bond acceptors (Lipinski definition) is 5. The molecule has 0 spiro atoms. The van der Waals surface area contributed by atoms with Crippen molar-refractivity contribution < 1.29 is 18.1 Å². The van der Waals surface area contributed by atoms with E-state index in [1.165, 1.54) is 37.3 Å². The Balaban J connectivity index is 1.93. The van der Waals surface area contributed by atoms with Crippen molar-refractivity contribution in [1.29, 1.82) is 0 Å². The van der Waals surface area contributed by atoms with Gasteiger partial charge in [0.15, 0.2) is 0 Å². The fraction of sp³-hybridized carbons (Fsp3) is 0.136. The van der Waals surface area contributed by atoms with E-state index in [2.05, 4.69) is 10.0 Å². The molecule has 8 nitrogen and oxygen atoms in total. The monoisotopic (exact) mass is 473 g/mol. The fourth-order valence-electron chi connectivity index (χ4n) is 3.05. The van der Waals surface area contributed by atoms with Crippen molar-refractivity contribution in [2.24, 2.45) is 0 Å². The molecule has 0 bridgehead atoms. The zero-order valence-corrected chi connectivity index (χ0v) is 19.0. The van der Waals surface area contributed by atoms with Crippen LogP contribution in [0.4, 0.5) is 17.1 Å². The van der Waals surface area contributed by atoms with Gasteiger partial charge in [0.2, 0.25) is 0 Å².